The van der Waals surface area contributed by atoms with Crippen LogP contribution < -0.4 is 16.6 Å². The average molecular weight is 230 g/mol. The van der Waals surface area contributed by atoms with Crippen LogP contribution in [0, 0.1) is 0 Å². The van der Waals surface area contributed by atoms with E-state index in [1.54, 1.807) is 12.1 Å². The Morgan fingerprint density at radius 2 is 2.24 bits per heavy atom. The zero-order valence-electron chi connectivity index (χ0n) is 8.81. The second kappa shape index (κ2) is 4.48. The predicted molar refractivity (Wildman–Crippen MR) is 63.7 cm³/mol. The van der Waals surface area contributed by atoms with E-state index in [-0.39, 0.29) is 16.9 Å². The van der Waals surface area contributed by atoms with E-state index >= 15 is 0 Å². The highest BCUT2D eigenvalue weighted by Gasteiger charge is 2.08. The fourth-order valence-electron chi connectivity index (χ4n) is 1.29. The fraction of sp³-hybridized carbons (Fsp3) is 0. The molecule has 4 N–H and O–H groups in total. The number of carbonyl (C=O) groups excluding carboxylic acids is 1. The van der Waals surface area contributed by atoms with Crippen molar-refractivity contribution in [1.29, 1.82) is 0 Å². The molecule has 0 saturated heterocycles. The molecule has 2 rings (SSSR count). The van der Waals surface area contributed by atoms with Crippen molar-refractivity contribution in [2.24, 2.45) is 0 Å². The van der Waals surface area contributed by atoms with Crippen molar-refractivity contribution < 1.29 is 4.79 Å². The number of hydrogen-bond acceptors (Lipinski definition) is 4. The Morgan fingerprint density at radius 3 is 2.94 bits per heavy atom. The third-order valence-electron chi connectivity index (χ3n) is 2.11. The van der Waals surface area contributed by atoms with Crippen LogP contribution in [0.2, 0.25) is 0 Å². The molecule has 0 aliphatic carbocycles. The number of hydrogen-bond donors (Lipinski definition) is 3. The molecule has 0 spiro atoms. The smallest absolute Gasteiger partial charge is 0.257 e. The SMILES string of the molecule is Nc1cccnc1NC(=O)c1cc[nH]c(=O)c1. The first kappa shape index (κ1) is 10.9. The Kier molecular flexibility index (Phi) is 2.87. The molecule has 6 heteroatoms. The molecule has 2 aromatic heterocycles. The number of aromatic amines is 1. The van der Waals surface area contributed by atoms with Crippen molar-refractivity contribution in [3.63, 3.8) is 0 Å². The summed E-state index contributed by atoms with van der Waals surface area (Å²) in [7, 11) is 0. The van der Waals surface area contributed by atoms with Gasteiger partial charge >= 0.3 is 0 Å². The third kappa shape index (κ3) is 2.49. The summed E-state index contributed by atoms with van der Waals surface area (Å²) in [6.07, 6.45) is 2.92. The van der Waals surface area contributed by atoms with E-state index in [4.69, 9.17) is 5.73 Å². The molecule has 2 heterocycles. The number of pyridine rings is 2. The van der Waals surface area contributed by atoms with Crippen molar-refractivity contribution in [1.82, 2.24) is 9.97 Å². The van der Waals surface area contributed by atoms with Crippen LogP contribution in [0.15, 0.2) is 41.5 Å². The van der Waals surface area contributed by atoms with Crippen LogP contribution >= 0.6 is 0 Å². The minimum atomic E-state index is -0.429. The molecule has 0 aromatic carbocycles. The second-order valence-corrected chi connectivity index (χ2v) is 3.34. The lowest BCUT2D eigenvalue weighted by atomic mass is 10.2. The number of H-pyrrole nitrogens is 1. The molecular formula is C11H10N4O2. The fourth-order valence-corrected chi connectivity index (χ4v) is 1.29. The topological polar surface area (TPSA) is 101 Å². The molecule has 1 amide bonds. The Bertz CT molecular complexity index is 606. The summed E-state index contributed by atoms with van der Waals surface area (Å²) < 4.78 is 0. The highest BCUT2D eigenvalue weighted by Crippen LogP contribution is 2.13. The summed E-state index contributed by atoms with van der Waals surface area (Å²) in [5.74, 6) is -0.153. The molecule has 0 saturated carbocycles. The van der Waals surface area contributed by atoms with Gasteiger partial charge in [-0.2, -0.15) is 0 Å². The summed E-state index contributed by atoms with van der Waals surface area (Å²) in [4.78, 5) is 29.1. The highest BCUT2D eigenvalue weighted by molar-refractivity contribution is 6.04. The number of rotatable bonds is 2. The molecule has 0 unspecified atom stereocenters. The van der Waals surface area contributed by atoms with Crippen LogP contribution in [0.3, 0.4) is 0 Å². The van der Waals surface area contributed by atoms with Crippen molar-refractivity contribution in [3.8, 4) is 0 Å². The number of nitrogens with one attached hydrogen (secondary N) is 2. The van der Waals surface area contributed by atoms with E-state index in [1.807, 2.05) is 0 Å². The standard InChI is InChI=1S/C11H10N4O2/c12-8-2-1-4-14-10(8)15-11(17)7-3-5-13-9(16)6-7/h1-6H,12H2,(H,13,16)(H,14,15,17). The average Bonchev–Trinajstić information content (AvgIpc) is 2.32. The summed E-state index contributed by atoms with van der Waals surface area (Å²) in [6.45, 7) is 0. The van der Waals surface area contributed by atoms with Gasteiger partial charge in [0.15, 0.2) is 5.82 Å². The Hall–Kier alpha value is -2.63. The van der Waals surface area contributed by atoms with Crippen LogP contribution in [0.1, 0.15) is 10.4 Å². The van der Waals surface area contributed by atoms with E-state index in [1.165, 1.54) is 24.5 Å². The van der Waals surface area contributed by atoms with E-state index < -0.39 is 5.91 Å². The van der Waals surface area contributed by atoms with E-state index in [2.05, 4.69) is 15.3 Å². The van der Waals surface area contributed by atoms with Crippen LogP contribution in [-0.2, 0) is 0 Å². The largest absolute Gasteiger partial charge is 0.396 e. The summed E-state index contributed by atoms with van der Waals surface area (Å²) >= 11 is 0. The van der Waals surface area contributed by atoms with Gasteiger partial charge in [-0.1, -0.05) is 0 Å². The molecule has 0 fully saturated rings. The molecule has 0 radical (unpaired) electrons. The molecule has 0 bridgehead atoms. The number of nitrogen functional groups attached to an aromatic ring is 1. The molecular weight excluding hydrogens is 220 g/mol. The highest BCUT2D eigenvalue weighted by atomic mass is 16.2. The monoisotopic (exact) mass is 230 g/mol. The zero-order chi connectivity index (χ0) is 12.3. The maximum atomic E-state index is 11.8. The van der Waals surface area contributed by atoms with Crippen molar-refractivity contribution >= 4 is 17.4 Å². The Balaban J connectivity index is 2.23. The number of anilines is 2. The van der Waals surface area contributed by atoms with Crippen molar-refractivity contribution in [2.45, 2.75) is 0 Å². The zero-order valence-corrected chi connectivity index (χ0v) is 8.81. The van der Waals surface area contributed by atoms with Crippen LogP contribution in [-0.4, -0.2) is 15.9 Å². The Labute approximate surface area is 96.5 Å². The third-order valence-corrected chi connectivity index (χ3v) is 2.11. The summed E-state index contributed by atoms with van der Waals surface area (Å²) in [5, 5.41) is 2.53. The quantitative estimate of drug-likeness (QED) is 0.703. The second-order valence-electron chi connectivity index (χ2n) is 3.34. The van der Waals surface area contributed by atoms with Crippen molar-refractivity contribution in [3.05, 3.63) is 52.6 Å². The maximum absolute atomic E-state index is 11.8. The van der Waals surface area contributed by atoms with Crippen LogP contribution in [0.4, 0.5) is 11.5 Å². The van der Waals surface area contributed by atoms with Gasteiger partial charge in [-0.05, 0) is 18.2 Å². The summed E-state index contributed by atoms with van der Waals surface area (Å²) in [5.41, 5.74) is 5.91. The lowest BCUT2D eigenvalue weighted by Gasteiger charge is -2.05. The van der Waals surface area contributed by atoms with Gasteiger partial charge in [0.2, 0.25) is 5.56 Å². The molecule has 0 atom stereocenters. The first-order valence-electron chi connectivity index (χ1n) is 4.87. The van der Waals surface area contributed by atoms with Crippen LogP contribution in [0.5, 0.6) is 0 Å². The van der Waals surface area contributed by atoms with Gasteiger partial charge in [0.1, 0.15) is 0 Å². The maximum Gasteiger partial charge on any atom is 0.257 e. The lowest BCUT2D eigenvalue weighted by Crippen LogP contribution is -2.17. The summed E-state index contributed by atoms with van der Waals surface area (Å²) in [6, 6.07) is 5.99. The van der Waals surface area contributed by atoms with Gasteiger partial charge in [0.25, 0.3) is 5.91 Å². The number of nitrogens with zero attached hydrogens (tertiary/aromatic N) is 1. The lowest BCUT2D eigenvalue weighted by molar-refractivity contribution is 0.102. The molecule has 0 aliphatic rings. The van der Waals surface area contributed by atoms with Gasteiger partial charge < -0.3 is 16.0 Å². The number of aromatic nitrogens is 2. The molecule has 6 nitrogen and oxygen atoms in total. The first-order valence-corrected chi connectivity index (χ1v) is 4.87. The minimum absolute atomic E-state index is 0.249. The molecule has 0 aliphatic heterocycles. The van der Waals surface area contributed by atoms with Gasteiger partial charge in [-0.15, -0.1) is 0 Å². The number of nitrogens with two attached hydrogens (primary N) is 1. The predicted octanol–water partition coefficient (Wildman–Crippen LogP) is 0.604. The van der Waals surface area contributed by atoms with E-state index in [0.29, 0.717) is 5.69 Å². The number of amides is 1. The first-order chi connectivity index (χ1) is 8.16. The van der Waals surface area contributed by atoms with Gasteiger partial charge in [0.05, 0.1) is 5.69 Å². The van der Waals surface area contributed by atoms with E-state index in [0.717, 1.165) is 0 Å². The van der Waals surface area contributed by atoms with Crippen molar-refractivity contribution in [2.75, 3.05) is 11.1 Å². The molecule has 17 heavy (non-hydrogen) atoms. The normalized spacial score (nSPS) is 9.88. The van der Waals surface area contributed by atoms with Gasteiger partial charge in [-0.25, -0.2) is 4.98 Å². The Morgan fingerprint density at radius 1 is 1.41 bits per heavy atom. The van der Waals surface area contributed by atoms with E-state index in [9.17, 15) is 9.59 Å². The molecule has 2 aromatic rings. The van der Waals surface area contributed by atoms with Gasteiger partial charge in [-0.3, -0.25) is 9.59 Å². The minimum Gasteiger partial charge on any atom is -0.396 e. The molecule has 86 valence electrons. The van der Waals surface area contributed by atoms with Gasteiger partial charge in [0, 0.05) is 24.0 Å². The number of carbonyl (C=O) groups is 1. The van der Waals surface area contributed by atoms with Crippen LogP contribution in [0.25, 0.3) is 0 Å².